The van der Waals surface area contributed by atoms with E-state index in [1.165, 1.54) is 6.07 Å². The Morgan fingerprint density at radius 1 is 0.958 bits per heavy atom. The number of anilines is 3. The predicted molar refractivity (Wildman–Crippen MR) is 79.0 cm³/mol. The minimum Gasteiger partial charge on any atom is -0.550 e. The molecule has 0 unspecified atom stereocenters. The van der Waals surface area contributed by atoms with Crippen molar-refractivity contribution in [1.29, 1.82) is 0 Å². The second kappa shape index (κ2) is 9.36. The quantitative estimate of drug-likeness (QED) is 0.673. The third-order valence-corrected chi connectivity index (χ3v) is 2.96. The van der Waals surface area contributed by atoms with E-state index in [9.17, 15) is 23.5 Å². The number of carboxylic acid groups (broad SMARTS) is 1. The van der Waals surface area contributed by atoms with E-state index in [1.807, 2.05) is 0 Å². The summed E-state index contributed by atoms with van der Waals surface area (Å²) in [6.45, 7) is 0. The molecule has 120 valence electrons. The molecule has 0 aromatic heterocycles. The van der Waals surface area contributed by atoms with Crippen LogP contribution in [0.3, 0.4) is 0 Å². The van der Waals surface area contributed by atoms with Gasteiger partial charge in [0.25, 0.3) is 0 Å². The monoisotopic (exact) mass is 342 g/mol. The molecule has 2 aromatic carbocycles. The third kappa shape index (κ3) is 5.92. The van der Waals surface area contributed by atoms with Crippen LogP contribution in [0.15, 0.2) is 42.5 Å². The van der Waals surface area contributed by atoms with Crippen LogP contribution < -0.4 is 45.3 Å². The van der Waals surface area contributed by atoms with Crippen molar-refractivity contribution in [1.82, 2.24) is 0 Å². The molecule has 2 rings (SSSR count). The molecular formula is C16H13F2N2NaO3. The van der Waals surface area contributed by atoms with Crippen LogP contribution in [-0.4, -0.2) is 11.9 Å². The summed E-state index contributed by atoms with van der Waals surface area (Å²) in [5.74, 6) is -3.30. The van der Waals surface area contributed by atoms with Crippen LogP contribution >= 0.6 is 0 Å². The van der Waals surface area contributed by atoms with Crippen molar-refractivity contribution < 1.29 is 53.0 Å². The van der Waals surface area contributed by atoms with Gasteiger partial charge < -0.3 is 20.5 Å². The molecule has 0 heterocycles. The van der Waals surface area contributed by atoms with Crippen molar-refractivity contribution in [2.24, 2.45) is 0 Å². The van der Waals surface area contributed by atoms with Gasteiger partial charge in [-0.3, -0.25) is 4.79 Å². The number of carbonyl (C=O) groups excluding carboxylic acids is 2. The van der Waals surface area contributed by atoms with Crippen molar-refractivity contribution in [3.8, 4) is 0 Å². The van der Waals surface area contributed by atoms with Crippen LogP contribution in [0.4, 0.5) is 25.8 Å². The van der Waals surface area contributed by atoms with E-state index in [1.54, 1.807) is 24.3 Å². The van der Waals surface area contributed by atoms with Gasteiger partial charge in [-0.1, -0.05) is 12.1 Å². The minimum absolute atomic E-state index is 0. The fraction of sp³-hybridized carbons (Fsp3) is 0.125. The number of rotatable bonds is 6. The maximum Gasteiger partial charge on any atom is 1.00 e. The van der Waals surface area contributed by atoms with Gasteiger partial charge >= 0.3 is 29.6 Å². The fourth-order valence-electron chi connectivity index (χ4n) is 1.87. The van der Waals surface area contributed by atoms with Gasteiger partial charge in [0, 0.05) is 18.5 Å². The molecule has 0 bridgehead atoms. The molecule has 8 heteroatoms. The molecule has 0 aliphatic rings. The maximum atomic E-state index is 13.7. The molecule has 0 spiro atoms. The average Bonchev–Trinajstić information content (AvgIpc) is 2.50. The molecule has 0 aliphatic heterocycles. The first-order chi connectivity index (χ1) is 11.0. The van der Waals surface area contributed by atoms with Crippen LogP contribution in [0.2, 0.25) is 0 Å². The molecule has 5 nitrogen and oxygen atoms in total. The van der Waals surface area contributed by atoms with E-state index >= 15 is 0 Å². The number of benzene rings is 2. The average molecular weight is 342 g/mol. The molecule has 2 N–H and O–H groups in total. The van der Waals surface area contributed by atoms with Gasteiger partial charge in [-0.25, -0.2) is 8.78 Å². The molecule has 0 atom stereocenters. The molecule has 1 amide bonds. The van der Waals surface area contributed by atoms with Gasteiger partial charge in [0.15, 0.2) is 0 Å². The van der Waals surface area contributed by atoms with Crippen molar-refractivity contribution in [2.45, 2.75) is 12.8 Å². The number of carbonyl (C=O) groups is 2. The summed E-state index contributed by atoms with van der Waals surface area (Å²) in [7, 11) is 0. The first-order valence-electron chi connectivity index (χ1n) is 6.76. The summed E-state index contributed by atoms with van der Waals surface area (Å²) in [4.78, 5) is 22.0. The molecular weight excluding hydrogens is 329 g/mol. The van der Waals surface area contributed by atoms with Crippen LogP contribution in [-0.2, 0) is 9.59 Å². The summed E-state index contributed by atoms with van der Waals surface area (Å²) in [6.07, 6.45) is -0.629. The molecule has 0 saturated heterocycles. The Labute approximate surface area is 159 Å². The van der Waals surface area contributed by atoms with Gasteiger partial charge in [0.2, 0.25) is 5.91 Å². The number of halogens is 2. The normalized spacial score (nSPS) is 9.75. The van der Waals surface area contributed by atoms with Crippen LogP contribution in [0.5, 0.6) is 0 Å². The fourth-order valence-corrected chi connectivity index (χ4v) is 1.87. The largest absolute Gasteiger partial charge is 1.00 e. The second-order valence-electron chi connectivity index (χ2n) is 4.71. The van der Waals surface area contributed by atoms with Gasteiger partial charge in [0.1, 0.15) is 11.6 Å². The number of para-hydroxylation sites is 2. The number of hydrogen-bond acceptors (Lipinski definition) is 4. The summed E-state index contributed by atoms with van der Waals surface area (Å²) in [5.41, 5.74) is 0.780. The first kappa shape index (κ1) is 20.1. The van der Waals surface area contributed by atoms with Crippen LogP contribution in [0.1, 0.15) is 12.8 Å². The standard InChI is InChI=1S/C16H14F2N2O3.Na/c17-10-5-6-12(11(18)9-10)19-13-3-1-2-4-14(13)20-15(21)7-8-16(22)23;/h1-6,9,19H,7-8H2,(H,20,21)(H,22,23);/q;+1/p-1. The Morgan fingerprint density at radius 3 is 2.25 bits per heavy atom. The Morgan fingerprint density at radius 2 is 1.62 bits per heavy atom. The predicted octanol–water partition coefficient (Wildman–Crippen LogP) is -0.819. The SMILES string of the molecule is O=C([O-])CCC(=O)Nc1ccccc1Nc1ccc(F)cc1F.[Na+]. The molecule has 24 heavy (non-hydrogen) atoms. The number of carboxylic acids is 1. The zero-order chi connectivity index (χ0) is 16.8. The van der Waals surface area contributed by atoms with E-state index in [0.29, 0.717) is 11.4 Å². The first-order valence-corrected chi connectivity index (χ1v) is 6.76. The van der Waals surface area contributed by atoms with E-state index in [-0.39, 0.29) is 41.7 Å². The summed E-state index contributed by atoms with van der Waals surface area (Å²) in [5, 5.41) is 15.6. The number of aliphatic carboxylic acids is 1. The molecule has 0 fully saturated rings. The Balaban J connectivity index is 0.00000288. The minimum atomic E-state index is -1.32. The van der Waals surface area contributed by atoms with Gasteiger partial charge in [0.05, 0.1) is 17.1 Å². The Kier molecular flexibility index (Phi) is 7.84. The van der Waals surface area contributed by atoms with Crippen molar-refractivity contribution >= 4 is 28.9 Å². The van der Waals surface area contributed by atoms with Gasteiger partial charge in [-0.15, -0.1) is 0 Å². The zero-order valence-corrected chi connectivity index (χ0v) is 14.9. The van der Waals surface area contributed by atoms with Crippen LogP contribution in [0.25, 0.3) is 0 Å². The van der Waals surface area contributed by atoms with E-state index < -0.39 is 29.9 Å². The van der Waals surface area contributed by atoms with Gasteiger partial charge in [-0.2, -0.15) is 0 Å². The smallest absolute Gasteiger partial charge is 0.550 e. The molecule has 0 radical (unpaired) electrons. The topological polar surface area (TPSA) is 81.3 Å². The maximum absolute atomic E-state index is 13.7. The van der Waals surface area contributed by atoms with Gasteiger partial charge in [-0.05, 0) is 30.7 Å². The summed E-state index contributed by atoms with van der Waals surface area (Å²) in [6, 6.07) is 9.56. The molecule has 0 saturated carbocycles. The number of amides is 1. The van der Waals surface area contributed by atoms with E-state index in [4.69, 9.17) is 0 Å². The summed E-state index contributed by atoms with van der Waals surface area (Å²) < 4.78 is 26.6. The summed E-state index contributed by atoms with van der Waals surface area (Å²) >= 11 is 0. The van der Waals surface area contributed by atoms with Crippen molar-refractivity contribution in [3.63, 3.8) is 0 Å². The third-order valence-electron chi connectivity index (χ3n) is 2.96. The Bertz CT molecular complexity index is 741. The number of hydrogen-bond donors (Lipinski definition) is 2. The Hall–Kier alpha value is -1.96. The molecule has 0 aliphatic carbocycles. The second-order valence-corrected chi connectivity index (χ2v) is 4.71. The molecule has 2 aromatic rings. The zero-order valence-electron chi connectivity index (χ0n) is 12.9. The van der Waals surface area contributed by atoms with E-state index in [0.717, 1.165) is 12.1 Å². The van der Waals surface area contributed by atoms with Crippen LogP contribution in [0, 0.1) is 11.6 Å². The van der Waals surface area contributed by atoms with Crippen molar-refractivity contribution in [2.75, 3.05) is 10.6 Å². The number of nitrogens with one attached hydrogen (secondary N) is 2. The van der Waals surface area contributed by atoms with E-state index in [2.05, 4.69) is 10.6 Å². The van der Waals surface area contributed by atoms with Crippen molar-refractivity contribution in [3.05, 3.63) is 54.1 Å².